The molecule has 3 heterocycles. The number of pyridine rings is 1. The van der Waals surface area contributed by atoms with Gasteiger partial charge in [-0.3, -0.25) is 14.1 Å². The average Bonchev–Trinajstić information content (AvgIpc) is 2.77. The number of nitrogens with zero attached hydrogens (tertiary/aromatic N) is 3. The van der Waals surface area contributed by atoms with E-state index in [0.29, 0.717) is 17.9 Å². The van der Waals surface area contributed by atoms with Gasteiger partial charge in [-0.2, -0.15) is 0 Å². The molecule has 0 aromatic carbocycles. The third kappa shape index (κ3) is 3.05. The van der Waals surface area contributed by atoms with Crippen molar-refractivity contribution in [1.82, 2.24) is 14.3 Å². The molecule has 2 aromatic rings. The normalized spacial score (nSPS) is 16.4. The topological polar surface area (TPSA) is 57.8 Å². The number of piperidine rings is 1. The maximum absolute atomic E-state index is 13.5. The number of carboxylic acids is 1. The number of halogens is 1. The minimum Gasteiger partial charge on any atom is -0.481 e. The molecule has 0 atom stereocenters. The van der Waals surface area contributed by atoms with E-state index in [2.05, 4.69) is 9.88 Å². The molecule has 3 rings (SSSR count). The van der Waals surface area contributed by atoms with Crippen molar-refractivity contribution in [1.29, 1.82) is 0 Å². The van der Waals surface area contributed by atoms with E-state index >= 15 is 0 Å². The molecule has 1 aliphatic heterocycles. The van der Waals surface area contributed by atoms with Gasteiger partial charge in [0.05, 0.1) is 17.8 Å². The molecule has 5 nitrogen and oxygen atoms in total. The largest absolute Gasteiger partial charge is 0.481 e. The molecule has 6 heteroatoms. The average molecular weight is 291 g/mol. The third-order valence-electron chi connectivity index (χ3n) is 3.91. The van der Waals surface area contributed by atoms with Gasteiger partial charge in [-0.25, -0.2) is 9.37 Å². The van der Waals surface area contributed by atoms with E-state index in [4.69, 9.17) is 5.11 Å². The highest BCUT2D eigenvalue weighted by Gasteiger charge is 2.19. The Kier molecular flexibility index (Phi) is 3.88. The Morgan fingerprint density at radius 2 is 2.05 bits per heavy atom. The minimum atomic E-state index is -0.918. The van der Waals surface area contributed by atoms with Crippen molar-refractivity contribution in [3.05, 3.63) is 35.5 Å². The molecule has 112 valence electrons. The maximum atomic E-state index is 13.5. The standard InChI is InChI=1S/C15H18FN3O2/c16-11-4-5-14-17-12(8-15(20)21)13(19(14)9-11)10-18-6-2-1-3-7-18/h4-5,9H,1-3,6-8,10H2,(H,20,21). The van der Waals surface area contributed by atoms with Crippen LogP contribution in [-0.2, 0) is 17.8 Å². The minimum absolute atomic E-state index is 0.132. The number of hydrogen-bond acceptors (Lipinski definition) is 3. The van der Waals surface area contributed by atoms with Crippen LogP contribution in [0.15, 0.2) is 18.3 Å². The summed E-state index contributed by atoms with van der Waals surface area (Å²) >= 11 is 0. The fourth-order valence-electron chi connectivity index (χ4n) is 2.90. The van der Waals surface area contributed by atoms with Gasteiger partial charge in [0.1, 0.15) is 11.5 Å². The smallest absolute Gasteiger partial charge is 0.309 e. The van der Waals surface area contributed by atoms with Gasteiger partial charge < -0.3 is 5.11 Å². The molecule has 0 aliphatic carbocycles. The zero-order chi connectivity index (χ0) is 14.8. The van der Waals surface area contributed by atoms with E-state index in [1.165, 1.54) is 18.7 Å². The van der Waals surface area contributed by atoms with Crippen molar-refractivity contribution >= 4 is 11.6 Å². The molecule has 1 fully saturated rings. The number of hydrogen-bond donors (Lipinski definition) is 1. The summed E-state index contributed by atoms with van der Waals surface area (Å²) in [6.45, 7) is 2.61. The highest BCUT2D eigenvalue weighted by Crippen LogP contribution is 2.19. The second-order valence-corrected chi connectivity index (χ2v) is 5.49. The van der Waals surface area contributed by atoms with Crippen LogP contribution in [0, 0.1) is 5.82 Å². The molecule has 0 amide bonds. The number of carbonyl (C=O) groups is 1. The van der Waals surface area contributed by atoms with Gasteiger partial charge in [-0.15, -0.1) is 0 Å². The Hall–Kier alpha value is -1.95. The van der Waals surface area contributed by atoms with Crippen LogP contribution in [0.1, 0.15) is 30.7 Å². The van der Waals surface area contributed by atoms with Crippen LogP contribution < -0.4 is 0 Å². The molecule has 0 bridgehead atoms. The second-order valence-electron chi connectivity index (χ2n) is 5.49. The third-order valence-corrected chi connectivity index (χ3v) is 3.91. The van der Waals surface area contributed by atoms with Gasteiger partial charge in [0.15, 0.2) is 0 Å². The Morgan fingerprint density at radius 1 is 1.29 bits per heavy atom. The summed E-state index contributed by atoms with van der Waals surface area (Å²) in [5.41, 5.74) is 1.91. The predicted octanol–water partition coefficient (Wildman–Crippen LogP) is 2.09. The number of fused-ring (bicyclic) bond motifs is 1. The molecule has 1 N–H and O–H groups in total. The zero-order valence-corrected chi connectivity index (χ0v) is 11.8. The molecule has 1 aliphatic rings. The Balaban J connectivity index is 1.98. The monoisotopic (exact) mass is 291 g/mol. The van der Waals surface area contributed by atoms with E-state index in [1.807, 2.05) is 0 Å². The Bertz CT molecular complexity index is 662. The highest BCUT2D eigenvalue weighted by atomic mass is 19.1. The molecule has 0 saturated carbocycles. The van der Waals surface area contributed by atoms with Gasteiger partial charge in [-0.05, 0) is 38.1 Å². The Morgan fingerprint density at radius 3 is 2.76 bits per heavy atom. The zero-order valence-electron chi connectivity index (χ0n) is 11.8. The van der Waals surface area contributed by atoms with Crippen molar-refractivity contribution in [3.63, 3.8) is 0 Å². The van der Waals surface area contributed by atoms with Gasteiger partial charge in [-0.1, -0.05) is 6.42 Å². The van der Waals surface area contributed by atoms with Crippen molar-refractivity contribution in [2.75, 3.05) is 13.1 Å². The van der Waals surface area contributed by atoms with E-state index < -0.39 is 5.97 Å². The fraction of sp³-hybridized carbons (Fsp3) is 0.467. The van der Waals surface area contributed by atoms with Gasteiger partial charge in [0, 0.05) is 12.7 Å². The molecule has 0 spiro atoms. The summed E-state index contributed by atoms with van der Waals surface area (Å²) < 4.78 is 15.2. The second kappa shape index (κ2) is 5.81. The predicted molar refractivity (Wildman–Crippen MR) is 75.6 cm³/mol. The first-order valence-corrected chi connectivity index (χ1v) is 7.23. The number of imidazole rings is 1. The van der Waals surface area contributed by atoms with Crippen molar-refractivity contribution in [3.8, 4) is 0 Å². The summed E-state index contributed by atoms with van der Waals surface area (Å²) in [7, 11) is 0. The number of likely N-dealkylation sites (tertiary alicyclic amines) is 1. The van der Waals surface area contributed by atoms with E-state index in [1.54, 1.807) is 10.5 Å². The molecule has 1 saturated heterocycles. The van der Waals surface area contributed by atoms with E-state index in [0.717, 1.165) is 31.6 Å². The molecule has 21 heavy (non-hydrogen) atoms. The van der Waals surface area contributed by atoms with Crippen molar-refractivity contribution in [2.24, 2.45) is 0 Å². The van der Waals surface area contributed by atoms with Gasteiger partial charge in [0.25, 0.3) is 0 Å². The lowest BCUT2D eigenvalue weighted by atomic mass is 10.1. The molecular formula is C15H18FN3O2. The first-order valence-electron chi connectivity index (χ1n) is 7.23. The van der Waals surface area contributed by atoms with Gasteiger partial charge in [0.2, 0.25) is 0 Å². The molecule has 2 aromatic heterocycles. The van der Waals surface area contributed by atoms with E-state index in [-0.39, 0.29) is 12.2 Å². The van der Waals surface area contributed by atoms with Crippen molar-refractivity contribution in [2.45, 2.75) is 32.2 Å². The van der Waals surface area contributed by atoms with Gasteiger partial charge >= 0.3 is 5.97 Å². The lowest BCUT2D eigenvalue weighted by Gasteiger charge is -2.26. The van der Waals surface area contributed by atoms with Crippen LogP contribution in [0.25, 0.3) is 5.65 Å². The molecule has 0 radical (unpaired) electrons. The summed E-state index contributed by atoms with van der Waals surface area (Å²) in [4.78, 5) is 17.6. The van der Waals surface area contributed by atoms with Crippen LogP contribution in [-0.4, -0.2) is 38.4 Å². The molecule has 0 unspecified atom stereocenters. The van der Waals surface area contributed by atoms with Crippen molar-refractivity contribution < 1.29 is 14.3 Å². The summed E-state index contributed by atoms with van der Waals surface area (Å²) in [5, 5.41) is 9.04. The van der Waals surface area contributed by atoms with E-state index in [9.17, 15) is 9.18 Å². The Labute approximate surface area is 122 Å². The number of aromatic nitrogens is 2. The summed E-state index contributed by atoms with van der Waals surface area (Å²) in [5.74, 6) is -1.26. The quantitative estimate of drug-likeness (QED) is 0.937. The maximum Gasteiger partial charge on any atom is 0.309 e. The number of rotatable bonds is 4. The highest BCUT2D eigenvalue weighted by molar-refractivity contribution is 5.70. The fourth-order valence-corrected chi connectivity index (χ4v) is 2.90. The lowest BCUT2D eigenvalue weighted by molar-refractivity contribution is -0.136. The van der Waals surface area contributed by atoms with Crippen LogP contribution in [0.4, 0.5) is 4.39 Å². The van der Waals surface area contributed by atoms with Crippen LogP contribution in [0.3, 0.4) is 0 Å². The SMILES string of the molecule is O=C(O)Cc1nc2ccc(F)cn2c1CN1CCCCC1. The summed E-state index contributed by atoms with van der Waals surface area (Å²) in [6.07, 6.45) is 4.79. The number of aliphatic carboxylic acids is 1. The first kappa shape index (κ1) is 14.0. The first-order chi connectivity index (χ1) is 10.1. The van der Waals surface area contributed by atoms with Crippen LogP contribution in [0.5, 0.6) is 0 Å². The molecular weight excluding hydrogens is 273 g/mol. The summed E-state index contributed by atoms with van der Waals surface area (Å²) in [6, 6.07) is 2.93. The van der Waals surface area contributed by atoms with Crippen LogP contribution >= 0.6 is 0 Å². The number of carboxylic acid groups (broad SMARTS) is 1. The van der Waals surface area contributed by atoms with Crippen LogP contribution in [0.2, 0.25) is 0 Å². The lowest BCUT2D eigenvalue weighted by Crippen LogP contribution is -2.30.